The molecule has 24 heavy (non-hydrogen) atoms. The van der Waals surface area contributed by atoms with Gasteiger partial charge in [-0.05, 0) is 62.1 Å². The molecule has 0 spiro atoms. The maximum Gasteiger partial charge on any atom is 0.330 e. The summed E-state index contributed by atoms with van der Waals surface area (Å²) in [7, 11) is 0. The summed E-state index contributed by atoms with van der Waals surface area (Å²) in [5.41, 5.74) is 4.24. The zero-order chi connectivity index (χ0) is 17.3. The number of benzene rings is 1. The van der Waals surface area contributed by atoms with Gasteiger partial charge in [-0.25, -0.2) is 9.18 Å². The normalized spacial score (nSPS) is 25.8. The number of anilines is 1. The van der Waals surface area contributed by atoms with Crippen molar-refractivity contribution in [3.05, 3.63) is 65.7 Å². The van der Waals surface area contributed by atoms with Gasteiger partial charge in [0.15, 0.2) is 0 Å². The molecule has 0 aliphatic heterocycles. The number of esters is 1. The minimum absolute atomic E-state index is 0.114. The number of allylic oxidation sites excluding steroid dienone is 2. The second-order valence-corrected chi connectivity index (χ2v) is 6.76. The van der Waals surface area contributed by atoms with E-state index in [0.717, 1.165) is 30.6 Å². The Morgan fingerprint density at radius 3 is 2.79 bits per heavy atom. The van der Waals surface area contributed by atoms with Crippen LogP contribution in [-0.4, -0.2) is 12.1 Å². The van der Waals surface area contributed by atoms with Gasteiger partial charge < -0.3 is 10.1 Å². The van der Waals surface area contributed by atoms with E-state index in [1.165, 1.54) is 29.4 Å². The van der Waals surface area contributed by atoms with E-state index in [4.69, 9.17) is 4.74 Å². The number of nitrogens with one attached hydrogen (secondary N) is 1. The average Bonchev–Trinajstić information content (AvgIpc) is 2.85. The zero-order valence-electron chi connectivity index (χ0n) is 14.1. The maximum absolute atomic E-state index is 13.0. The maximum atomic E-state index is 13.0. The predicted molar refractivity (Wildman–Crippen MR) is 92.8 cm³/mol. The second kappa shape index (κ2) is 6.27. The van der Waals surface area contributed by atoms with Crippen molar-refractivity contribution >= 4 is 11.7 Å². The predicted octanol–water partition coefficient (Wildman–Crippen LogP) is 4.74. The highest BCUT2D eigenvalue weighted by Crippen LogP contribution is 2.51. The van der Waals surface area contributed by atoms with Crippen LogP contribution in [-0.2, 0) is 9.53 Å². The highest BCUT2D eigenvalue weighted by molar-refractivity contribution is 5.81. The lowest BCUT2D eigenvalue weighted by atomic mass is 9.73. The van der Waals surface area contributed by atoms with Gasteiger partial charge in [0.05, 0.1) is 0 Å². The van der Waals surface area contributed by atoms with E-state index in [-0.39, 0.29) is 23.3 Å². The van der Waals surface area contributed by atoms with Gasteiger partial charge in [0.1, 0.15) is 11.9 Å². The van der Waals surface area contributed by atoms with Crippen LogP contribution >= 0.6 is 0 Å². The lowest BCUT2D eigenvalue weighted by Gasteiger charge is -2.36. The molecule has 0 aromatic heterocycles. The molecule has 0 amide bonds. The third-order valence-electron chi connectivity index (χ3n) is 5.08. The van der Waals surface area contributed by atoms with Gasteiger partial charge >= 0.3 is 5.97 Å². The first-order valence-corrected chi connectivity index (χ1v) is 8.19. The van der Waals surface area contributed by atoms with Crippen LogP contribution in [0.4, 0.5) is 10.1 Å². The molecule has 2 aliphatic carbocycles. The Morgan fingerprint density at radius 2 is 2.12 bits per heavy atom. The Kier molecular flexibility index (Phi) is 4.31. The molecule has 0 radical (unpaired) electrons. The van der Waals surface area contributed by atoms with Gasteiger partial charge in [0.2, 0.25) is 0 Å². The molecule has 4 heteroatoms. The number of hydrogen-bond acceptors (Lipinski definition) is 3. The molecule has 0 saturated heterocycles. The third-order valence-corrected chi connectivity index (χ3v) is 5.08. The Labute approximate surface area is 141 Å². The molecule has 1 aromatic rings. The SMILES string of the molecule is C=CC(=O)OC1CCC2=CC(Nc3ccc(F)cc3)=C(C)CC21C. The van der Waals surface area contributed by atoms with Crippen LogP contribution < -0.4 is 5.32 Å². The molecular weight excluding hydrogens is 305 g/mol. The zero-order valence-corrected chi connectivity index (χ0v) is 14.1. The van der Waals surface area contributed by atoms with E-state index in [0.29, 0.717) is 0 Å². The number of carbonyl (C=O) groups is 1. The van der Waals surface area contributed by atoms with E-state index in [1.54, 1.807) is 12.1 Å². The fourth-order valence-corrected chi connectivity index (χ4v) is 3.71. The van der Waals surface area contributed by atoms with E-state index < -0.39 is 0 Å². The molecule has 0 bridgehead atoms. The average molecular weight is 327 g/mol. The highest BCUT2D eigenvalue weighted by atomic mass is 19.1. The van der Waals surface area contributed by atoms with E-state index in [9.17, 15) is 9.18 Å². The molecule has 2 atom stereocenters. The molecule has 1 fully saturated rings. The first kappa shape index (κ1) is 16.5. The standard InChI is InChI=1S/C20H22FNO2/c1-4-19(23)24-18-10-5-14-11-17(13(2)12-20(14,18)3)22-16-8-6-15(21)7-9-16/h4,6-9,11,18,22H,1,5,10,12H2,2-3H3. The van der Waals surface area contributed by atoms with Crippen molar-refractivity contribution in [2.75, 3.05) is 5.32 Å². The summed E-state index contributed by atoms with van der Waals surface area (Å²) in [6.07, 6.45) is 5.84. The summed E-state index contributed by atoms with van der Waals surface area (Å²) in [5.74, 6) is -0.608. The van der Waals surface area contributed by atoms with Crippen LogP contribution in [0.3, 0.4) is 0 Å². The van der Waals surface area contributed by atoms with E-state index >= 15 is 0 Å². The minimum Gasteiger partial charge on any atom is -0.458 e. The molecular formula is C20H22FNO2. The van der Waals surface area contributed by atoms with Gasteiger partial charge in [-0.3, -0.25) is 0 Å². The molecule has 1 N–H and O–H groups in total. The van der Waals surface area contributed by atoms with Crippen molar-refractivity contribution in [3.8, 4) is 0 Å². The smallest absolute Gasteiger partial charge is 0.330 e. The van der Waals surface area contributed by atoms with Crippen LogP contribution in [0.2, 0.25) is 0 Å². The van der Waals surface area contributed by atoms with Crippen molar-refractivity contribution < 1.29 is 13.9 Å². The Balaban J connectivity index is 1.81. The van der Waals surface area contributed by atoms with Crippen molar-refractivity contribution in [2.24, 2.45) is 5.41 Å². The van der Waals surface area contributed by atoms with Gasteiger partial charge in [0, 0.05) is 22.9 Å². The largest absolute Gasteiger partial charge is 0.458 e. The molecule has 3 rings (SSSR count). The monoisotopic (exact) mass is 327 g/mol. The summed E-state index contributed by atoms with van der Waals surface area (Å²) >= 11 is 0. The fraction of sp³-hybridized carbons (Fsp3) is 0.350. The quantitative estimate of drug-likeness (QED) is 0.641. The Morgan fingerprint density at radius 1 is 1.42 bits per heavy atom. The molecule has 126 valence electrons. The van der Waals surface area contributed by atoms with Crippen molar-refractivity contribution in [1.82, 2.24) is 0 Å². The lowest BCUT2D eigenvalue weighted by molar-refractivity contribution is -0.147. The number of fused-ring (bicyclic) bond motifs is 1. The van der Waals surface area contributed by atoms with Gasteiger partial charge in [-0.15, -0.1) is 0 Å². The molecule has 1 aromatic carbocycles. The molecule has 2 aliphatic rings. The second-order valence-electron chi connectivity index (χ2n) is 6.76. The Bertz CT molecular complexity index is 733. The van der Waals surface area contributed by atoms with Crippen LogP contribution in [0.1, 0.15) is 33.1 Å². The van der Waals surface area contributed by atoms with Crippen LogP contribution in [0.25, 0.3) is 0 Å². The van der Waals surface area contributed by atoms with Crippen LogP contribution in [0.5, 0.6) is 0 Å². The van der Waals surface area contributed by atoms with Crippen molar-refractivity contribution in [1.29, 1.82) is 0 Å². The summed E-state index contributed by atoms with van der Waals surface area (Å²) in [4.78, 5) is 11.6. The highest BCUT2D eigenvalue weighted by Gasteiger charge is 2.46. The summed E-state index contributed by atoms with van der Waals surface area (Å²) in [6, 6.07) is 6.34. The van der Waals surface area contributed by atoms with Gasteiger partial charge in [0.25, 0.3) is 0 Å². The molecule has 2 unspecified atom stereocenters. The number of carbonyl (C=O) groups excluding carboxylic acids is 1. The van der Waals surface area contributed by atoms with E-state index in [1.807, 2.05) is 0 Å². The first-order valence-electron chi connectivity index (χ1n) is 8.19. The van der Waals surface area contributed by atoms with Crippen molar-refractivity contribution in [3.63, 3.8) is 0 Å². The third kappa shape index (κ3) is 3.01. The minimum atomic E-state index is -0.362. The van der Waals surface area contributed by atoms with Gasteiger partial charge in [-0.2, -0.15) is 0 Å². The first-order chi connectivity index (χ1) is 11.4. The topological polar surface area (TPSA) is 38.3 Å². The van der Waals surface area contributed by atoms with Crippen molar-refractivity contribution in [2.45, 2.75) is 39.2 Å². The summed E-state index contributed by atoms with van der Waals surface area (Å²) in [5, 5.41) is 3.37. The van der Waals surface area contributed by atoms with E-state index in [2.05, 4.69) is 31.8 Å². The summed E-state index contributed by atoms with van der Waals surface area (Å²) < 4.78 is 18.6. The number of ether oxygens (including phenoxy) is 1. The number of rotatable bonds is 4. The lowest BCUT2D eigenvalue weighted by Crippen LogP contribution is -2.34. The molecule has 1 saturated carbocycles. The molecule has 0 heterocycles. The number of hydrogen-bond donors (Lipinski definition) is 1. The molecule has 3 nitrogen and oxygen atoms in total. The summed E-state index contributed by atoms with van der Waals surface area (Å²) in [6.45, 7) is 7.71. The Hall–Kier alpha value is -2.36. The number of halogens is 1. The van der Waals surface area contributed by atoms with Crippen LogP contribution in [0.15, 0.2) is 59.8 Å². The van der Waals surface area contributed by atoms with Crippen LogP contribution in [0, 0.1) is 11.2 Å². The van der Waals surface area contributed by atoms with Gasteiger partial charge in [-0.1, -0.05) is 19.1 Å². The fourth-order valence-electron chi connectivity index (χ4n) is 3.71.